The lowest BCUT2D eigenvalue weighted by Gasteiger charge is -2.01. The Morgan fingerprint density at radius 3 is 2.93 bits per heavy atom. The fourth-order valence-electron chi connectivity index (χ4n) is 1.63. The summed E-state index contributed by atoms with van der Waals surface area (Å²) in [5, 5.41) is 9.66. The van der Waals surface area contributed by atoms with Crippen molar-refractivity contribution in [2.45, 2.75) is 19.8 Å². The summed E-state index contributed by atoms with van der Waals surface area (Å²) >= 11 is 0. The molecule has 0 unspecified atom stereocenters. The number of fused-ring (bicyclic) bond motifs is 1. The molecule has 0 N–H and O–H groups in total. The molecule has 15 heavy (non-hydrogen) atoms. The van der Waals surface area contributed by atoms with Gasteiger partial charge in [0.25, 0.3) is 0 Å². The Labute approximate surface area is 89.2 Å². The number of hydrogen-bond acceptors (Lipinski definition) is 2. The summed E-state index contributed by atoms with van der Waals surface area (Å²) in [6.45, 7) is 1.99. The zero-order valence-electron chi connectivity index (χ0n) is 8.70. The topological polar surface area (TPSA) is 36.7 Å². The van der Waals surface area contributed by atoms with Crippen LogP contribution in [0.2, 0.25) is 0 Å². The Morgan fingerprint density at radius 1 is 1.27 bits per heavy atom. The van der Waals surface area contributed by atoms with Crippen LogP contribution >= 0.6 is 0 Å². The zero-order valence-corrected chi connectivity index (χ0v) is 8.70. The molecule has 1 aromatic carbocycles. The van der Waals surface area contributed by atoms with Gasteiger partial charge in [0.2, 0.25) is 0 Å². The molecule has 0 saturated carbocycles. The highest BCUT2D eigenvalue weighted by molar-refractivity contribution is 5.79. The van der Waals surface area contributed by atoms with E-state index in [0.29, 0.717) is 6.42 Å². The van der Waals surface area contributed by atoms with Gasteiger partial charge in [-0.3, -0.25) is 4.98 Å². The molecule has 74 valence electrons. The predicted octanol–water partition coefficient (Wildman–Crippen LogP) is 3.00. The minimum absolute atomic E-state index is 0.574. The van der Waals surface area contributed by atoms with Crippen molar-refractivity contribution < 1.29 is 0 Å². The quantitative estimate of drug-likeness (QED) is 0.740. The zero-order chi connectivity index (χ0) is 10.7. The second-order valence-corrected chi connectivity index (χ2v) is 3.64. The van der Waals surface area contributed by atoms with Crippen LogP contribution in [0.25, 0.3) is 10.9 Å². The van der Waals surface area contributed by atoms with Gasteiger partial charge in [0, 0.05) is 17.5 Å². The fraction of sp³-hybridized carbons (Fsp3) is 0.231. The maximum atomic E-state index is 8.51. The van der Waals surface area contributed by atoms with Crippen molar-refractivity contribution in [3.05, 3.63) is 41.6 Å². The largest absolute Gasteiger partial charge is 0.253 e. The molecule has 1 aromatic heterocycles. The summed E-state index contributed by atoms with van der Waals surface area (Å²) in [4.78, 5) is 4.43. The number of aryl methyl sites for hydroxylation is 2. The molecule has 0 fully saturated rings. The van der Waals surface area contributed by atoms with Crippen LogP contribution in [0.5, 0.6) is 0 Å². The summed E-state index contributed by atoms with van der Waals surface area (Å²) < 4.78 is 0. The fourth-order valence-corrected chi connectivity index (χ4v) is 1.63. The van der Waals surface area contributed by atoms with Gasteiger partial charge in [-0.05, 0) is 37.1 Å². The van der Waals surface area contributed by atoms with E-state index in [0.717, 1.165) is 23.0 Å². The molecule has 0 aliphatic carbocycles. The predicted molar refractivity (Wildman–Crippen MR) is 60.4 cm³/mol. The van der Waals surface area contributed by atoms with Gasteiger partial charge in [-0.1, -0.05) is 12.1 Å². The van der Waals surface area contributed by atoms with Crippen LogP contribution in [0, 0.1) is 18.3 Å². The maximum absolute atomic E-state index is 8.51. The van der Waals surface area contributed by atoms with E-state index in [1.807, 2.05) is 25.1 Å². The molecule has 0 bridgehead atoms. The van der Waals surface area contributed by atoms with Gasteiger partial charge < -0.3 is 0 Å². The molecular weight excluding hydrogens is 184 g/mol. The first-order valence-electron chi connectivity index (χ1n) is 5.03. The highest BCUT2D eigenvalue weighted by atomic mass is 14.7. The number of rotatable bonds is 2. The van der Waals surface area contributed by atoms with E-state index in [4.69, 9.17) is 5.26 Å². The Kier molecular flexibility index (Phi) is 2.64. The normalized spacial score (nSPS) is 10.1. The van der Waals surface area contributed by atoms with Crippen molar-refractivity contribution in [2.24, 2.45) is 0 Å². The van der Waals surface area contributed by atoms with Crippen molar-refractivity contribution in [3.8, 4) is 6.07 Å². The molecule has 0 amide bonds. The van der Waals surface area contributed by atoms with E-state index in [1.54, 1.807) is 0 Å². The Hall–Kier alpha value is -1.88. The second-order valence-electron chi connectivity index (χ2n) is 3.64. The number of pyridine rings is 1. The van der Waals surface area contributed by atoms with Crippen LogP contribution in [-0.2, 0) is 6.42 Å². The smallest absolute Gasteiger partial charge is 0.0705 e. The van der Waals surface area contributed by atoms with Gasteiger partial charge in [-0.25, -0.2) is 0 Å². The standard InChI is InChI=1S/C13H12N2/c1-10-4-6-12-9-11(3-2-8-14)5-7-13(12)15-10/h4-7,9H,2-3H2,1H3. The first-order chi connectivity index (χ1) is 7.29. The summed E-state index contributed by atoms with van der Waals surface area (Å²) in [5.41, 5.74) is 3.26. The van der Waals surface area contributed by atoms with Crippen LogP contribution in [0.3, 0.4) is 0 Å². The Morgan fingerprint density at radius 2 is 2.13 bits per heavy atom. The van der Waals surface area contributed by atoms with Gasteiger partial charge in [0.15, 0.2) is 0 Å². The van der Waals surface area contributed by atoms with Crippen LogP contribution in [0.4, 0.5) is 0 Å². The van der Waals surface area contributed by atoms with Crippen molar-refractivity contribution in [1.29, 1.82) is 5.26 Å². The molecule has 0 aliphatic rings. The molecule has 2 heteroatoms. The molecule has 1 heterocycles. The van der Waals surface area contributed by atoms with Gasteiger partial charge in [0.1, 0.15) is 0 Å². The molecule has 2 nitrogen and oxygen atoms in total. The number of benzene rings is 1. The van der Waals surface area contributed by atoms with E-state index in [-0.39, 0.29) is 0 Å². The number of aromatic nitrogens is 1. The molecule has 0 spiro atoms. The minimum Gasteiger partial charge on any atom is -0.253 e. The lowest BCUT2D eigenvalue weighted by Crippen LogP contribution is -1.87. The van der Waals surface area contributed by atoms with E-state index in [2.05, 4.69) is 23.2 Å². The number of nitriles is 1. The third-order valence-corrected chi connectivity index (χ3v) is 2.42. The van der Waals surface area contributed by atoms with Gasteiger partial charge in [0.05, 0.1) is 11.6 Å². The summed E-state index contributed by atoms with van der Waals surface area (Å²) in [5.74, 6) is 0. The molecule has 0 aliphatic heterocycles. The van der Waals surface area contributed by atoms with Crippen molar-refractivity contribution in [1.82, 2.24) is 4.98 Å². The van der Waals surface area contributed by atoms with E-state index >= 15 is 0 Å². The van der Waals surface area contributed by atoms with E-state index in [9.17, 15) is 0 Å². The lowest BCUT2D eigenvalue weighted by molar-refractivity contribution is 1.01. The first kappa shape index (κ1) is 9.67. The number of nitrogens with zero attached hydrogens (tertiary/aromatic N) is 2. The van der Waals surface area contributed by atoms with Crippen LogP contribution in [0.15, 0.2) is 30.3 Å². The van der Waals surface area contributed by atoms with E-state index in [1.165, 1.54) is 5.56 Å². The lowest BCUT2D eigenvalue weighted by atomic mass is 10.1. The average Bonchev–Trinajstić information content (AvgIpc) is 2.26. The highest BCUT2D eigenvalue weighted by Crippen LogP contribution is 2.15. The first-order valence-corrected chi connectivity index (χ1v) is 5.03. The highest BCUT2D eigenvalue weighted by Gasteiger charge is 1.97. The van der Waals surface area contributed by atoms with Crippen molar-refractivity contribution >= 4 is 10.9 Å². The van der Waals surface area contributed by atoms with Crippen molar-refractivity contribution in [2.75, 3.05) is 0 Å². The Balaban J connectivity index is 2.40. The van der Waals surface area contributed by atoms with Crippen LogP contribution in [0.1, 0.15) is 17.7 Å². The molecule has 0 atom stereocenters. The van der Waals surface area contributed by atoms with Crippen LogP contribution in [-0.4, -0.2) is 4.98 Å². The average molecular weight is 196 g/mol. The monoisotopic (exact) mass is 196 g/mol. The second kappa shape index (κ2) is 4.10. The van der Waals surface area contributed by atoms with Crippen LogP contribution < -0.4 is 0 Å². The molecule has 0 radical (unpaired) electrons. The summed E-state index contributed by atoms with van der Waals surface area (Å²) in [6, 6.07) is 12.4. The number of hydrogen-bond donors (Lipinski definition) is 0. The van der Waals surface area contributed by atoms with Gasteiger partial charge in [-0.15, -0.1) is 0 Å². The molecular formula is C13H12N2. The van der Waals surface area contributed by atoms with E-state index < -0.39 is 0 Å². The molecule has 2 rings (SSSR count). The molecule has 2 aromatic rings. The Bertz CT molecular complexity index is 524. The minimum atomic E-state index is 0.574. The van der Waals surface area contributed by atoms with Gasteiger partial charge >= 0.3 is 0 Å². The third-order valence-electron chi connectivity index (χ3n) is 2.42. The van der Waals surface area contributed by atoms with Gasteiger partial charge in [-0.2, -0.15) is 5.26 Å². The maximum Gasteiger partial charge on any atom is 0.0705 e. The SMILES string of the molecule is Cc1ccc2cc(CCC#N)ccc2n1. The van der Waals surface area contributed by atoms with Crippen molar-refractivity contribution in [3.63, 3.8) is 0 Å². The summed E-state index contributed by atoms with van der Waals surface area (Å²) in [7, 11) is 0. The summed E-state index contributed by atoms with van der Waals surface area (Å²) in [6.07, 6.45) is 1.39. The third kappa shape index (κ3) is 2.13. The molecule has 0 saturated heterocycles.